The molecule has 1 N–H and O–H groups in total. The van der Waals surface area contributed by atoms with Crippen molar-refractivity contribution >= 4 is 5.96 Å². The maximum absolute atomic E-state index is 14.0. The van der Waals surface area contributed by atoms with Crippen LogP contribution in [0.5, 0.6) is 0 Å². The summed E-state index contributed by atoms with van der Waals surface area (Å²) in [5.41, 5.74) is 2.11. The van der Waals surface area contributed by atoms with Crippen molar-refractivity contribution < 1.29 is 4.39 Å². The quantitative estimate of drug-likeness (QED) is 0.676. The molecule has 1 aliphatic heterocycles. The van der Waals surface area contributed by atoms with Crippen LogP contribution in [0.4, 0.5) is 4.39 Å². The second-order valence-corrected chi connectivity index (χ2v) is 6.47. The van der Waals surface area contributed by atoms with Gasteiger partial charge in [0.05, 0.1) is 24.4 Å². The molecule has 1 fully saturated rings. The summed E-state index contributed by atoms with van der Waals surface area (Å²) in [4.78, 5) is 6.80. The van der Waals surface area contributed by atoms with Gasteiger partial charge in [0.1, 0.15) is 5.82 Å². The van der Waals surface area contributed by atoms with Crippen molar-refractivity contribution in [1.29, 1.82) is 5.26 Å². The number of rotatable bonds is 4. The van der Waals surface area contributed by atoms with E-state index in [4.69, 9.17) is 5.26 Å². The molecule has 7 heteroatoms. The molecule has 136 valence electrons. The molecule has 1 aromatic heterocycles. The van der Waals surface area contributed by atoms with Crippen molar-refractivity contribution in [2.45, 2.75) is 25.8 Å². The van der Waals surface area contributed by atoms with Gasteiger partial charge < -0.3 is 10.2 Å². The Morgan fingerprint density at radius 3 is 3.04 bits per heavy atom. The summed E-state index contributed by atoms with van der Waals surface area (Å²) >= 11 is 0. The standard InChI is InChI=1S/C19H23FN6/c1-3-22-19(23-10-16-8-14(9-21)4-5-18(16)20)26-7-6-15(13-26)17-11-24-25(2)12-17/h4-5,8,11-12,15H,3,6-7,10,13H2,1-2H3,(H,22,23). The van der Waals surface area contributed by atoms with Crippen molar-refractivity contribution in [2.24, 2.45) is 12.0 Å². The minimum Gasteiger partial charge on any atom is -0.357 e. The van der Waals surface area contributed by atoms with E-state index in [0.717, 1.165) is 32.0 Å². The van der Waals surface area contributed by atoms with Gasteiger partial charge in [0.15, 0.2) is 5.96 Å². The average Bonchev–Trinajstić information content (AvgIpc) is 3.29. The Morgan fingerprint density at radius 1 is 1.50 bits per heavy atom. The van der Waals surface area contributed by atoms with E-state index in [-0.39, 0.29) is 12.4 Å². The van der Waals surface area contributed by atoms with Crippen LogP contribution in [0, 0.1) is 17.1 Å². The molecular formula is C19H23FN6. The summed E-state index contributed by atoms with van der Waals surface area (Å²) in [6.45, 7) is 4.72. The largest absolute Gasteiger partial charge is 0.357 e. The number of halogens is 1. The first-order valence-corrected chi connectivity index (χ1v) is 8.81. The number of hydrogen-bond acceptors (Lipinski definition) is 3. The fourth-order valence-corrected chi connectivity index (χ4v) is 3.23. The van der Waals surface area contributed by atoms with Gasteiger partial charge >= 0.3 is 0 Å². The van der Waals surface area contributed by atoms with Crippen LogP contribution in [0.1, 0.15) is 36.0 Å². The second-order valence-electron chi connectivity index (χ2n) is 6.47. The molecule has 1 aliphatic rings. The Labute approximate surface area is 153 Å². The summed E-state index contributed by atoms with van der Waals surface area (Å²) in [6.07, 6.45) is 5.01. The number of aryl methyl sites for hydroxylation is 1. The summed E-state index contributed by atoms with van der Waals surface area (Å²) in [6, 6.07) is 6.40. The summed E-state index contributed by atoms with van der Waals surface area (Å²) in [7, 11) is 1.92. The number of benzene rings is 1. The maximum atomic E-state index is 14.0. The van der Waals surface area contributed by atoms with Crippen LogP contribution in [-0.4, -0.2) is 40.3 Å². The lowest BCUT2D eigenvalue weighted by Gasteiger charge is -2.21. The third-order valence-electron chi connectivity index (χ3n) is 4.59. The van der Waals surface area contributed by atoms with E-state index in [2.05, 4.69) is 26.5 Å². The second kappa shape index (κ2) is 8.00. The highest BCUT2D eigenvalue weighted by Gasteiger charge is 2.26. The van der Waals surface area contributed by atoms with Crippen molar-refractivity contribution in [3.63, 3.8) is 0 Å². The number of aromatic nitrogens is 2. The van der Waals surface area contributed by atoms with Gasteiger partial charge in [-0.2, -0.15) is 10.4 Å². The minimum atomic E-state index is -0.335. The van der Waals surface area contributed by atoms with Crippen LogP contribution < -0.4 is 5.32 Å². The van der Waals surface area contributed by atoms with Crippen molar-refractivity contribution in [3.05, 3.63) is 53.1 Å². The molecule has 0 amide bonds. The average molecular weight is 354 g/mol. The normalized spacial score (nSPS) is 17.4. The number of nitriles is 1. The Kier molecular flexibility index (Phi) is 5.52. The topological polar surface area (TPSA) is 69.2 Å². The Morgan fingerprint density at radius 2 is 2.35 bits per heavy atom. The first-order chi connectivity index (χ1) is 12.6. The molecule has 3 rings (SSSR count). The lowest BCUT2D eigenvalue weighted by atomic mass is 10.0. The number of nitrogens with one attached hydrogen (secondary N) is 1. The molecule has 1 saturated heterocycles. The summed E-state index contributed by atoms with van der Waals surface area (Å²) < 4.78 is 15.8. The van der Waals surface area contributed by atoms with E-state index in [1.807, 2.05) is 30.9 Å². The van der Waals surface area contributed by atoms with E-state index in [9.17, 15) is 4.39 Å². The number of guanidine groups is 1. The molecule has 1 unspecified atom stereocenters. The Balaban J connectivity index is 1.73. The zero-order chi connectivity index (χ0) is 18.5. The molecular weight excluding hydrogens is 331 g/mol. The first kappa shape index (κ1) is 17.9. The fourth-order valence-electron chi connectivity index (χ4n) is 3.23. The van der Waals surface area contributed by atoms with Crippen LogP contribution in [0.25, 0.3) is 0 Å². The van der Waals surface area contributed by atoms with E-state index in [1.165, 1.54) is 17.7 Å². The van der Waals surface area contributed by atoms with Crippen LogP contribution >= 0.6 is 0 Å². The molecule has 26 heavy (non-hydrogen) atoms. The zero-order valence-electron chi connectivity index (χ0n) is 15.1. The molecule has 0 aliphatic carbocycles. The molecule has 2 heterocycles. The maximum Gasteiger partial charge on any atom is 0.194 e. The summed E-state index contributed by atoms with van der Waals surface area (Å²) in [5, 5.41) is 16.5. The third kappa shape index (κ3) is 4.02. The monoisotopic (exact) mass is 354 g/mol. The number of likely N-dealkylation sites (tertiary alicyclic amines) is 1. The third-order valence-corrected chi connectivity index (χ3v) is 4.59. The van der Waals surface area contributed by atoms with Gasteiger partial charge in [-0.3, -0.25) is 4.68 Å². The lowest BCUT2D eigenvalue weighted by Crippen LogP contribution is -2.40. The molecule has 0 radical (unpaired) electrons. The summed E-state index contributed by atoms with van der Waals surface area (Å²) in [5.74, 6) is 0.866. The fraction of sp³-hybridized carbons (Fsp3) is 0.421. The van der Waals surface area contributed by atoms with Crippen molar-refractivity contribution in [3.8, 4) is 6.07 Å². The minimum absolute atomic E-state index is 0.206. The van der Waals surface area contributed by atoms with Crippen LogP contribution in [0.3, 0.4) is 0 Å². The van der Waals surface area contributed by atoms with Gasteiger partial charge in [-0.05, 0) is 37.1 Å². The molecule has 0 saturated carbocycles. The highest BCUT2D eigenvalue weighted by Crippen LogP contribution is 2.26. The molecule has 6 nitrogen and oxygen atoms in total. The van der Waals surface area contributed by atoms with Gasteiger partial charge in [-0.25, -0.2) is 9.38 Å². The molecule has 1 atom stereocenters. The first-order valence-electron chi connectivity index (χ1n) is 8.81. The van der Waals surface area contributed by atoms with Gasteiger partial charge in [-0.15, -0.1) is 0 Å². The Bertz CT molecular complexity index is 835. The SMILES string of the molecule is CCNC(=NCc1cc(C#N)ccc1F)N1CCC(c2cnn(C)c2)C1. The lowest BCUT2D eigenvalue weighted by molar-refractivity contribution is 0.485. The van der Waals surface area contributed by atoms with Gasteiger partial charge in [0.2, 0.25) is 0 Å². The number of aliphatic imine (C=N–C) groups is 1. The van der Waals surface area contributed by atoms with Gasteiger partial charge in [-0.1, -0.05) is 0 Å². The highest BCUT2D eigenvalue weighted by molar-refractivity contribution is 5.80. The van der Waals surface area contributed by atoms with E-state index in [0.29, 0.717) is 17.0 Å². The highest BCUT2D eigenvalue weighted by atomic mass is 19.1. The zero-order valence-corrected chi connectivity index (χ0v) is 15.1. The van der Waals surface area contributed by atoms with E-state index in [1.54, 1.807) is 6.07 Å². The molecule has 2 aromatic rings. The number of nitrogens with zero attached hydrogens (tertiary/aromatic N) is 5. The van der Waals surface area contributed by atoms with E-state index < -0.39 is 0 Å². The smallest absolute Gasteiger partial charge is 0.194 e. The molecule has 0 spiro atoms. The molecule has 0 bridgehead atoms. The van der Waals surface area contributed by atoms with Crippen LogP contribution in [0.2, 0.25) is 0 Å². The predicted molar refractivity (Wildman–Crippen MR) is 98.1 cm³/mol. The Hall–Kier alpha value is -2.88. The predicted octanol–water partition coefficient (Wildman–Crippen LogP) is 2.39. The molecule has 1 aromatic carbocycles. The van der Waals surface area contributed by atoms with Crippen molar-refractivity contribution in [1.82, 2.24) is 20.0 Å². The van der Waals surface area contributed by atoms with Gasteiger partial charge in [0.25, 0.3) is 0 Å². The van der Waals surface area contributed by atoms with E-state index >= 15 is 0 Å². The van der Waals surface area contributed by atoms with Crippen LogP contribution in [0.15, 0.2) is 35.6 Å². The number of hydrogen-bond donors (Lipinski definition) is 1. The van der Waals surface area contributed by atoms with Crippen LogP contribution in [-0.2, 0) is 13.6 Å². The van der Waals surface area contributed by atoms with Crippen molar-refractivity contribution in [2.75, 3.05) is 19.6 Å². The van der Waals surface area contributed by atoms with Gasteiger partial charge in [0, 0.05) is 44.4 Å².